The minimum Gasteiger partial charge on any atom is -0.461 e. The SMILES string of the molecule is Cn1c(=O)c2c(SCc3c(F)cccc3Cl)nc(-c3ccco3)nc2n(C)c1=O. The number of thioether (sulfide) groups is 1. The fourth-order valence-corrected chi connectivity index (χ4v) is 4.22. The van der Waals surface area contributed by atoms with Crippen LogP contribution in [0.25, 0.3) is 22.6 Å². The predicted octanol–water partition coefficient (Wildman–Crippen LogP) is 3.37. The molecule has 3 aromatic heterocycles. The van der Waals surface area contributed by atoms with Crippen molar-refractivity contribution in [3.63, 3.8) is 0 Å². The van der Waals surface area contributed by atoms with E-state index in [0.717, 1.165) is 16.3 Å². The van der Waals surface area contributed by atoms with Gasteiger partial charge in [0.05, 0.1) is 6.26 Å². The molecule has 3 heterocycles. The molecule has 0 amide bonds. The van der Waals surface area contributed by atoms with Crippen molar-refractivity contribution in [3.8, 4) is 11.6 Å². The summed E-state index contributed by atoms with van der Waals surface area (Å²) >= 11 is 7.25. The Morgan fingerprint density at radius 2 is 1.93 bits per heavy atom. The van der Waals surface area contributed by atoms with E-state index in [4.69, 9.17) is 16.0 Å². The van der Waals surface area contributed by atoms with E-state index in [1.54, 1.807) is 18.2 Å². The average molecular weight is 433 g/mol. The monoisotopic (exact) mass is 432 g/mol. The number of benzene rings is 1. The third-order valence-corrected chi connectivity index (χ3v) is 5.78. The van der Waals surface area contributed by atoms with Crippen LogP contribution in [-0.4, -0.2) is 19.1 Å². The molecule has 4 rings (SSSR count). The molecule has 0 fully saturated rings. The molecule has 29 heavy (non-hydrogen) atoms. The summed E-state index contributed by atoms with van der Waals surface area (Å²) in [4.78, 5) is 34.0. The second-order valence-electron chi connectivity index (χ2n) is 6.22. The van der Waals surface area contributed by atoms with Crippen molar-refractivity contribution in [2.24, 2.45) is 14.1 Å². The number of rotatable bonds is 4. The van der Waals surface area contributed by atoms with Gasteiger partial charge < -0.3 is 4.42 Å². The Hall–Kier alpha value is -2.91. The fraction of sp³-hybridized carbons (Fsp3) is 0.158. The summed E-state index contributed by atoms with van der Waals surface area (Å²) < 4.78 is 21.8. The predicted molar refractivity (Wildman–Crippen MR) is 109 cm³/mol. The van der Waals surface area contributed by atoms with Gasteiger partial charge in [-0.15, -0.1) is 11.8 Å². The summed E-state index contributed by atoms with van der Waals surface area (Å²) in [7, 11) is 2.90. The molecular formula is C19H14ClFN4O3S. The summed E-state index contributed by atoms with van der Waals surface area (Å²) in [6.45, 7) is 0. The van der Waals surface area contributed by atoms with Gasteiger partial charge in [-0.1, -0.05) is 17.7 Å². The molecule has 0 unspecified atom stereocenters. The molecule has 1 aromatic carbocycles. The smallest absolute Gasteiger partial charge is 0.332 e. The topological polar surface area (TPSA) is 82.9 Å². The Balaban J connectivity index is 1.94. The standard InChI is InChI=1S/C19H14ClFN4O3S/c1-24-16-14(18(26)25(2)19(24)27)17(23-15(22-16)13-7-4-8-28-13)29-9-10-11(20)5-3-6-12(10)21/h3-8H,9H2,1-2H3. The lowest BCUT2D eigenvalue weighted by atomic mass is 10.2. The fourth-order valence-electron chi connectivity index (χ4n) is 2.86. The number of fused-ring (bicyclic) bond motifs is 1. The molecule has 0 radical (unpaired) electrons. The van der Waals surface area contributed by atoms with E-state index in [1.807, 2.05) is 0 Å². The van der Waals surface area contributed by atoms with E-state index in [-0.39, 0.29) is 27.6 Å². The van der Waals surface area contributed by atoms with Gasteiger partial charge in [-0.25, -0.2) is 19.2 Å². The average Bonchev–Trinajstić information content (AvgIpc) is 3.24. The van der Waals surface area contributed by atoms with E-state index < -0.39 is 17.1 Å². The first-order valence-corrected chi connectivity index (χ1v) is 9.82. The minimum absolute atomic E-state index is 0.140. The van der Waals surface area contributed by atoms with Crippen LogP contribution < -0.4 is 11.2 Å². The molecule has 0 aliphatic rings. The van der Waals surface area contributed by atoms with E-state index in [0.29, 0.717) is 16.3 Å². The summed E-state index contributed by atoms with van der Waals surface area (Å²) in [6.07, 6.45) is 1.47. The summed E-state index contributed by atoms with van der Waals surface area (Å²) in [5, 5.41) is 0.752. The van der Waals surface area contributed by atoms with Gasteiger partial charge in [-0.2, -0.15) is 0 Å². The van der Waals surface area contributed by atoms with Gasteiger partial charge in [-0.3, -0.25) is 13.9 Å². The first-order valence-electron chi connectivity index (χ1n) is 8.46. The highest BCUT2D eigenvalue weighted by Gasteiger charge is 2.20. The molecule has 0 saturated heterocycles. The lowest BCUT2D eigenvalue weighted by molar-refractivity contribution is 0.576. The van der Waals surface area contributed by atoms with Crippen LogP contribution in [0.4, 0.5) is 4.39 Å². The molecule has 0 aliphatic heterocycles. The van der Waals surface area contributed by atoms with Gasteiger partial charge in [0.2, 0.25) is 0 Å². The minimum atomic E-state index is -0.531. The molecule has 0 aliphatic carbocycles. The molecule has 0 saturated carbocycles. The molecule has 10 heteroatoms. The first kappa shape index (κ1) is 19.4. The van der Waals surface area contributed by atoms with Crippen LogP contribution in [0.15, 0.2) is 55.6 Å². The van der Waals surface area contributed by atoms with Crippen molar-refractivity contribution in [3.05, 3.63) is 73.8 Å². The van der Waals surface area contributed by atoms with E-state index in [1.165, 1.54) is 37.1 Å². The highest BCUT2D eigenvalue weighted by Crippen LogP contribution is 2.31. The number of hydrogen-bond donors (Lipinski definition) is 0. The molecule has 0 spiro atoms. The van der Waals surface area contributed by atoms with Gasteiger partial charge in [0.25, 0.3) is 5.56 Å². The Morgan fingerprint density at radius 3 is 2.62 bits per heavy atom. The first-order chi connectivity index (χ1) is 13.9. The van der Waals surface area contributed by atoms with Crippen LogP contribution in [0.1, 0.15) is 5.56 Å². The van der Waals surface area contributed by atoms with Gasteiger partial charge >= 0.3 is 5.69 Å². The van der Waals surface area contributed by atoms with Gasteiger partial charge in [0.1, 0.15) is 16.2 Å². The van der Waals surface area contributed by atoms with Crippen molar-refractivity contribution in [1.29, 1.82) is 0 Å². The number of nitrogens with zero attached hydrogens (tertiary/aromatic N) is 4. The molecule has 148 valence electrons. The van der Waals surface area contributed by atoms with Crippen LogP contribution in [0.2, 0.25) is 5.02 Å². The van der Waals surface area contributed by atoms with Gasteiger partial charge in [0, 0.05) is 30.4 Å². The van der Waals surface area contributed by atoms with Gasteiger partial charge in [0.15, 0.2) is 17.2 Å². The highest BCUT2D eigenvalue weighted by molar-refractivity contribution is 7.98. The Labute approximate surface area is 172 Å². The van der Waals surface area contributed by atoms with Crippen LogP contribution in [0.5, 0.6) is 0 Å². The second-order valence-corrected chi connectivity index (χ2v) is 7.59. The van der Waals surface area contributed by atoms with Crippen LogP contribution in [0, 0.1) is 5.82 Å². The van der Waals surface area contributed by atoms with Crippen LogP contribution >= 0.6 is 23.4 Å². The summed E-state index contributed by atoms with van der Waals surface area (Å²) in [5.41, 5.74) is -0.579. The zero-order valence-electron chi connectivity index (χ0n) is 15.3. The number of halogens is 2. The molecule has 7 nitrogen and oxygen atoms in total. The van der Waals surface area contributed by atoms with Gasteiger partial charge in [-0.05, 0) is 24.3 Å². The lowest BCUT2D eigenvalue weighted by Crippen LogP contribution is -2.37. The Morgan fingerprint density at radius 1 is 1.14 bits per heavy atom. The molecule has 0 N–H and O–H groups in total. The Kier molecular flexibility index (Phi) is 5.01. The molecule has 0 bridgehead atoms. The van der Waals surface area contributed by atoms with E-state index in [9.17, 15) is 14.0 Å². The van der Waals surface area contributed by atoms with E-state index in [2.05, 4.69) is 9.97 Å². The Bertz CT molecular complexity index is 1330. The van der Waals surface area contributed by atoms with Crippen molar-refractivity contribution in [1.82, 2.24) is 19.1 Å². The summed E-state index contributed by atoms with van der Waals surface area (Å²) in [6, 6.07) is 7.78. The maximum Gasteiger partial charge on any atom is 0.332 e. The quantitative estimate of drug-likeness (QED) is 0.363. The number of furan rings is 1. The third kappa shape index (κ3) is 3.36. The largest absolute Gasteiger partial charge is 0.461 e. The maximum atomic E-state index is 14.2. The number of hydrogen-bond acceptors (Lipinski definition) is 6. The van der Waals surface area contributed by atoms with Crippen molar-refractivity contribution in [2.45, 2.75) is 10.8 Å². The third-order valence-electron chi connectivity index (χ3n) is 4.42. The maximum absolute atomic E-state index is 14.2. The number of aromatic nitrogens is 4. The second kappa shape index (κ2) is 7.49. The summed E-state index contributed by atoms with van der Waals surface area (Å²) in [5.74, 6) is 0.287. The lowest BCUT2D eigenvalue weighted by Gasteiger charge is -2.12. The van der Waals surface area contributed by atoms with Crippen molar-refractivity contribution < 1.29 is 8.81 Å². The zero-order valence-corrected chi connectivity index (χ0v) is 16.9. The van der Waals surface area contributed by atoms with Crippen LogP contribution in [-0.2, 0) is 19.8 Å². The van der Waals surface area contributed by atoms with Crippen LogP contribution in [0.3, 0.4) is 0 Å². The van der Waals surface area contributed by atoms with Crippen molar-refractivity contribution in [2.75, 3.05) is 0 Å². The van der Waals surface area contributed by atoms with Crippen molar-refractivity contribution >= 4 is 34.4 Å². The highest BCUT2D eigenvalue weighted by atomic mass is 35.5. The molecular weight excluding hydrogens is 419 g/mol. The normalized spacial score (nSPS) is 11.3. The van der Waals surface area contributed by atoms with E-state index >= 15 is 0 Å². The molecule has 4 aromatic rings. The zero-order chi connectivity index (χ0) is 20.7. The molecule has 0 atom stereocenters. The number of aryl methyl sites for hydroxylation is 1.